The molecule has 1 aromatic rings. The van der Waals surface area contributed by atoms with Crippen LogP contribution in [0.4, 0.5) is 0 Å². The van der Waals surface area contributed by atoms with Gasteiger partial charge in [-0.15, -0.1) is 0 Å². The predicted octanol–water partition coefficient (Wildman–Crippen LogP) is 1.70. The highest BCUT2D eigenvalue weighted by Gasteiger charge is 2.33. The number of sulfonamides is 1. The molecule has 1 heterocycles. The second-order valence-electron chi connectivity index (χ2n) is 4.72. The molecule has 2 rings (SSSR count). The van der Waals surface area contributed by atoms with Crippen LogP contribution in [0.15, 0.2) is 29.2 Å². The first kappa shape index (κ1) is 13.8. The van der Waals surface area contributed by atoms with Gasteiger partial charge in [-0.1, -0.05) is 11.6 Å². The molecule has 2 unspecified atom stereocenters. The fourth-order valence-corrected chi connectivity index (χ4v) is 3.79. The minimum Gasteiger partial charge on any atom is -0.328 e. The van der Waals surface area contributed by atoms with Gasteiger partial charge < -0.3 is 5.73 Å². The second-order valence-corrected chi connectivity index (χ2v) is 7.10. The summed E-state index contributed by atoms with van der Waals surface area (Å²) in [5, 5.41) is 0.531. The monoisotopic (exact) mass is 288 g/mol. The van der Waals surface area contributed by atoms with Gasteiger partial charge in [-0.25, -0.2) is 8.42 Å². The summed E-state index contributed by atoms with van der Waals surface area (Å²) >= 11 is 5.76. The average Bonchev–Trinajstić information content (AvgIpc) is 2.79. The van der Waals surface area contributed by atoms with Crippen LogP contribution >= 0.6 is 11.6 Å². The molecule has 100 valence electrons. The Morgan fingerprint density at radius 2 is 2.00 bits per heavy atom. The smallest absolute Gasteiger partial charge is 0.243 e. The molecule has 0 aliphatic carbocycles. The van der Waals surface area contributed by atoms with Crippen LogP contribution in [0.5, 0.6) is 0 Å². The highest BCUT2D eigenvalue weighted by Crippen LogP contribution is 2.26. The molecular formula is C12H17ClN2O2S. The highest BCUT2D eigenvalue weighted by atomic mass is 35.5. The summed E-state index contributed by atoms with van der Waals surface area (Å²) in [6, 6.07) is 6.28. The molecule has 0 amide bonds. The number of rotatable bonds is 3. The molecule has 1 fully saturated rings. The molecule has 0 bridgehead atoms. The number of halogens is 1. The zero-order valence-electron chi connectivity index (χ0n) is 10.2. The predicted molar refractivity (Wildman–Crippen MR) is 72.0 cm³/mol. The van der Waals surface area contributed by atoms with E-state index in [2.05, 4.69) is 0 Å². The van der Waals surface area contributed by atoms with Crippen LogP contribution in [-0.4, -0.2) is 31.9 Å². The van der Waals surface area contributed by atoms with Gasteiger partial charge in [0.1, 0.15) is 0 Å². The number of benzene rings is 1. The molecule has 1 aromatic carbocycles. The topological polar surface area (TPSA) is 63.4 Å². The van der Waals surface area contributed by atoms with E-state index in [1.165, 1.54) is 16.4 Å². The molecule has 6 heteroatoms. The Hall–Kier alpha value is -0.620. The van der Waals surface area contributed by atoms with Crippen LogP contribution in [0.3, 0.4) is 0 Å². The molecule has 0 saturated carbocycles. The van der Waals surface area contributed by atoms with E-state index in [1.54, 1.807) is 12.1 Å². The van der Waals surface area contributed by atoms with Gasteiger partial charge in [0.25, 0.3) is 0 Å². The molecule has 2 N–H and O–H groups in total. The molecule has 0 aromatic heterocycles. The van der Waals surface area contributed by atoms with Crippen molar-refractivity contribution in [2.24, 2.45) is 11.7 Å². The van der Waals surface area contributed by atoms with Gasteiger partial charge >= 0.3 is 0 Å². The van der Waals surface area contributed by atoms with Gasteiger partial charge in [0.2, 0.25) is 10.0 Å². The zero-order valence-corrected chi connectivity index (χ0v) is 11.8. The highest BCUT2D eigenvalue weighted by molar-refractivity contribution is 7.89. The Morgan fingerprint density at radius 3 is 2.50 bits per heavy atom. The summed E-state index contributed by atoms with van der Waals surface area (Å²) in [6.07, 6.45) is 0.824. The lowest BCUT2D eigenvalue weighted by Crippen LogP contribution is -2.33. The van der Waals surface area contributed by atoms with Crippen LogP contribution in [0, 0.1) is 5.92 Å². The Labute approximate surface area is 113 Å². The van der Waals surface area contributed by atoms with Crippen molar-refractivity contribution in [1.29, 1.82) is 0 Å². The third-order valence-electron chi connectivity index (χ3n) is 3.38. The summed E-state index contributed by atoms with van der Waals surface area (Å²) in [7, 11) is -3.40. The Kier molecular flexibility index (Phi) is 3.96. The minimum atomic E-state index is -3.40. The van der Waals surface area contributed by atoms with Crippen molar-refractivity contribution in [1.82, 2.24) is 4.31 Å². The average molecular weight is 289 g/mol. The van der Waals surface area contributed by atoms with Crippen LogP contribution in [-0.2, 0) is 10.0 Å². The van der Waals surface area contributed by atoms with Crippen molar-refractivity contribution in [3.05, 3.63) is 29.3 Å². The normalized spacial score (nSPS) is 23.2. The Morgan fingerprint density at radius 1 is 1.39 bits per heavy atom. The maximum atomic E-state index is 12.4. The van der Waals surface area contributed by atoms with E-state index in [0.29, 0.717) is 18.1 Å². The van der Waals surface area contributed by atoms with E-state index in [0.717, 1.165) is 6.42 Å². The van der Waals surface area contributed by atoms with Gasteiger partial charge in [0.05, 0.1) is 4.90 Å². The van der Waals surface area contributed by atoms with Crippen LogP contribution in [0.2, 0.25) is 5.02 Å². The van der Waals surface area contributed by atoms with Gasteiger partial charge in [0.15, 0.2) is 0 Å². The third kappa shape index (κ3) is 2.69. The van der Waals surface area contributed by atoms with Crippen LogP contribution < -0.4 is 5.73 Å². The summed E-state index contributed by atoms with van der Waals surface area (Å²) in [5.74, 6) is 0.243. The van der Waals surface area contributed by atoms with Crippen LogP contribution in [0.25, 0.3) is 0 Å². The van der Waals surface area contributed by atoms with Crippen molar-refractivity contribution < 1.29 is 8.42 Å². The maximum absolute atomic E-state index is 12.4. The molecule has 18 heavy (non-hydrogen) atoms. The molecule has 1 aliphatic rings. The minimum absolute atomic E-state index is 0.0235. The number of nitrogens with zero attached hydrogens (tertiary/aromatic N) is 1. The first-order chi connectivity index (χ1) is 8.41. The standard InChI is InChI=1S/C12H17ClN2O2S/c1-9(14)10-6-7-15(8-10)18(16,17)12-4-2-11(13)3-5-12/h2-5,9-10H,6-8,14H2,1H3. The number of nitrogens with two attached hydrogens (primary N) is 1. The van der Waals surface area contributed by atoms with E-state index in [-0.39, 0.29) is 16.9 Å². The molecule has 2 atom stereocenters. The lowest BCUT2D eigenvalue weighted by Gasteiger charge is -2.18. The van der Waals surface area contributed by atoms with Gasteiger partial charge in [0, 0.05) is 24.2 Å². The molecule has 4 nitrogen and oxygen atoms in total. The summed E-state index contributed by atoms with van der Waals surface area (Å²) in [4.78, 5) is 0.289. The molecule has 0 radical (unpaired) electrons. The third-order valence-corrected chi connectivity index (χ3v) is 5.51. The number of hydrogen-bond donors (Lipinski definition) is 1. The van der Waals surface area contributed by atoms with E-state index in [9.17, 15) is 8.42 Å². The molecular weight excluding hydrogens is 272 g/mol. The number of hydrogen-bond acceptors (Lipinski definition) is 3. The summed E-state index contributed by atoms with van der Waals surface area (Å²) in [5.41, 5.74) is 5.82. The SMILES string of the molecule is CC(N)C1CCN(S(=O)(=O)c2ccc(Cl)cc2)C1. The first-order valence-electron chi connectivity index (χ1n) is 5.92. The summed E-state index contributed by atoms with van der Waals surface area (Å²) < 4.78 is 26.2. The maximum Gasteiger partial charge on any atom is 0.243 e. The lowest BCUT2D eigenvalue weighted by molar-refractivity contribution is 0.429. The first-order valence-corrected chi connectivity index (χ1v) is 7.74. The fourth-order valence-electron chi connectivity index (χ4n) is 2.16. The van der Waals surface area contributed by atoms with E-state index >= 15 is 0 Å². The quantitative estimate of drug-likeness (QED) is 0.921. The Bertz CT molecular complexity index is 513. The Balaban J connectivity index is 2.20. The van der Waals surface area contributed by atoms with Crippen molar-refractivity contribution in [2.75, 3.05) is 13.1 Å². The van der Waals surface area contributed by atoms with Gasteiger partial charge in [-0.2, -0.15) is 4.31 Å². The lowest BCUT2D eigenvalue weighted by atomic mass is 10.0. The van der Waals surface area contributed by atoms with Crippen molar-refractivity contribution in [3.63, 3.8) is 0 Å². The van der Waals surface area contributed by atoms with Crippen LogP contribution in [0.1, 0.15) is 13.3 Å². The van der Waals surface area contributed by atoms with Crippen molar-refractivity contribution >= 4 is 21.6 Å². The van der Waals surface area contributed by atoms with E-state index in [4.69, 9.17) is 17.3 Å². The van der Waals surface area contributed by atoms with Crippen molar-refractivity contribution in [2.45, 2.75) is 24.3 Å². The van der Waals surface area contributed by atoms with E-state index in [1.807, 2.05) is 6.92 Å². The largest absolute Gasteiger partial charge is 0.328 e. The fraction of sp³-hybridized carbons (Fsp3) is 0.500. The van der Waals surface area contributed by atoms with Crippen molar-refractivity contribution in [3.8, 4) is 0 Å². The molecule has 1 aliphatic heterocycles. The molecule has 0 spiro atoms. The second kappa shape index (κ2) is 5.17. The van der Waals surface area contributed by atoms with Gasteiger partial charge in [-0.3, -0.25) is 0 Å². The summed E-state index contributed by atoms with van der Waals surface area (Å²) in [6.45, 7) is 2.96. The zero-order chi connectivity index (χ0) is 13.3. The van der Waals surface area contributed by atoms with E-state index < -0.39 is 10.0 Å². The molecule has 1 saturated heterocycles. The van der Waals surface area contributed by atoms with Gasteiger partial charge in [-0.05, 0) is 43.5 Å².